The molecular weight excluding hydrogens is 222 g/mol. The number of nitrogens with one attached hydrogen (secondary N) is 1. The van der Waals surface area contributed by atoms with Crippen molar-refractivity contribution in [3.05, 3.63) is 21.9 Å². The van der Waals surface area contributed by atoms with Crippen LogP contribution in [0.4, 0.5) is 0 Å². The number of rotatable bonds is 6. The molecule has 0 aliphatic carbocycles. The Morgan fingerprint density at radius 3 is 2.75 bits per heavy atom. The number of aryl methyl sites for hydroxylation is 1. The second kappa shape index (κ2) is 5.46. The van der Waals surface area contributed by atoms with Gasteiger partial charge in [0.2, 0.25) is 0 Å². The summed E-state index contributed by atoms with van der Waals surface area (Å²) in [6.07, 6.45) is 0.646. The highest BCUT2D eigenvalue weighted by molar-refractivity contribution is 7.10. The van der Waals surface area contributed by atoms with E-state index < -0.39 is 11.4 Å². The van der Waals surface area contributed by atoms with Gasteiger partial charge in [-0.25, -0.2) is 0 Å². The molecule has 2 N–H and O–H groups in total. The van der Waals surface area contributed by atoms with Crippen LogP contribution >= 0.6 is 11.3 Å². The standard InChI is InChI=1S/C12H19NO2S/c1-9-4-7-16-10(9)8-13-6-5-12(2,3)11(14)15/h4,7,13H,5-6,8H2,1-3H3,(H,14,15). The van der Waals surface area contributed by atoms with Crippen molar-refractivity contribution in [2.75, 3.05) is 6.54 Å². The first-order valence-corrected chi connectivity index (χ1v) is 6.28. The van der Waals surface area contributed by atoms with E-state index in [4.69, 9.17) is 5.11 Å². The number of hydrogen-bond acceptors (Lipinski definition) is 3. The quantitative estimate of drug-likeness (QED) is 0.753. The van der Waals surface area contributed by atoms with Crippen molar-refractivity contribution in [2.45, 2.75) is 33.7 Å². The average molecular weight is 241 g/mol. The summed E-state index contributed by atoms with van der Waals surface area (Å²) in [6.45, 7) is 7.17. The van der Waals surface area contributed by atoms with E-state index in [2.05, 4.69) is 23.7 Å². The van der Waals surface area contributed by atoms with Crippen LogP contribution in [0.25, 0.3) is 0 Å². The monoisotopic (exact) mass is 241 g/mol. The maximum Gasteiger partial charge on any atom is 0.309 e. The molecule has 16 heavy (non-hydrogen) atoms. The third-order valence-electron chi connectivity index (χ3n) is 2.76. The van der Waals surface area contributed by atoms with E-state index in [1.165, 1.54) is 10.4 Å². The molecule has 0 bridgehead atoms. The molecule has 1 aromatic heterocycles. The van der Waals surface area contributed by atoms with Crippen molar-refractivity contribution < 1.29 is 9.90 Å². The summed E-state index contributed by atoms with van der Waals surface area (Å²) in [4.78, 5) is 12.2. The van der Waals surface area contributed by atoms with Crippen molar-refractivity contribution in [3.63, 3.8) is 0 Å². The lowest BCUT2D eigenvalue weighted by Crippen LogP contribution is -2.28. The lowest BCUT2D eigenvalue weighted by molar-refractivity contribution is -0.147. The van der Waals surface area contributed by atoms with Gasteiger partial charge < -0.3 is 10.4 Å². The SMILES string of the molecule is Cc1ccsc1CNCCC(C)(C)C(=O)O. The molecular formula is C12H19NO2S. The van der Waals surface area contributed by atoms with Crippen molar-refractivity contribution in [2.24, 2.45) is 5.41 Å². The lowest BCUT2D eigenvalue weighted by Gasteiger charge is -2.18. The van der Waals surface area contributed by atoms with Gasteiger partial charge in [-0.1, -0.05) is 0 Å². The smallest absolute Gasteiger partial charge is 0.309 e. The molecule has 0 saturated heterocycles. The maximum atomic E-state index is 10.9. The lowest BCUT2D eigenvalue weighted by atomic mass is 9.90. The highest BCUT2D eigenvalue weighted by atomic mass is 32.1. The van der Waals surface area contributed by atoms with Crippen LogP contribution in [0.15, 0.2) is 11.4 Å². The third-order valence-corrected chi connectivity index (χ3v) is 3.78. The summed E-state index contributed by atoms with van der Waals surface area (Å²) in [6, 6.07) is 2.10. The third kappa shape index (κ3) is 3.61. The Bertz CT molecular complexity index is 358. The van der Waals surface area contributed by atoms with E-state index in [0.717, 1.165) is 13.1 Å². The molecule has 0 aliphatic heterocycles. The van der Waals surface area contributed by atoms with Crippen LogP contribution in [0.2, 0.25) is 0 Å². The van der Waals surface area contributed by atoms with Crippen LogP contribution in [0.3, 0.4) is 0 Å². The zero-order chi connectivity index (χ0) is 12.2. The molecule has 0 amide bonds. The second-order valence-corrected chi connectivity index (χ2v) is 5.64. The molecule has 90 valence electrons. The summed E-state index contributed by atoms with van der Waals surface area (Å²) >= 11 is 1.73. The van der Waals surface area contributed by atoms with Crippen LogP contribution in [0.5, 0.6) is 0 Å². The highest BCUT2D eigenvalue weighted by Crippen LogP contribution is 2.20. The van der Waals surface area contributed by atoms with E-state index in [1.807, 2.05) is 0 Å². The van der Waals surface area contributed by atoms with E-state index in [9.17, 15) is 4.79 Å². The number of aliphatic carboxylic acids is 1. The van der Waals surface area contributed by atoms with Crippen LogP contribution in [0.1, 0.15) is 30.7 Å². The van der Waals surface area contributed by atoms with Gasteiger partial charge in [-0.3, -0.25) is 4.79 Å². The Kier molecular flexibility index (Phi) is 4.50. The number of carboxylic acid groups (broad SMARTS) is 1. The minimum absolute atomic E-state index is 0.641. The van der Waals surface area contributed by atoms with Gasteiger partial charge in [0.25, 0.3) is 0 Å². The molecule has 0 aromatic carbocycles. The van der Waals surface area contributed by atoms with E-state index >= 15 is 0 Å². The van der Waals surface area contributed by atoms with Crippen LogP contribution in [-0.4, -0.2) is 17.6 Å². The van der Waals surface area contributed by atoms with Crippen LogP contribution in [0, 0.1) is 12.3 Å². The van der Waals surface area contributed by atoms with Crippen LogP contribution in [-0.2, 0) is 11.3 Å². The fourth-order valence-corrected chi connectivity index (χ4v) is 2.17. The molecule has 0 saturated carbocycles. The molecule has 1 aromatic rings. The summed E-state index contributed by atoms with van der Waals surface area (Å²) in [7, 11) is 0. The Morgan fingerprint density at radius 2 is 2.25 bits per heavy atom. The minimum Gasteiger partial charge on any atom is -0.481 e. The van der Waals surface area contributed by atoms with Gasteiger partial charge in [0.05, 0.1) is 5.41 Å². The average Bonchev–Trinajstić information content (AvgIpc) is 2.59. The Labute approximate surface area is 100 Å². The van der Waals surface area contributed by atoms with E-state index in [0.29, 0.717) is 6.42 Å². The first kappa shape index (κ1) is 13.2. The van der Waals surface area contributed by atoms with Gasteiger partial charge in [-0.05, 0) is 50.7 Å². The van der Waals surface area contributed by atoms with Gasteiger partial charge >= 0.3 is 5.97 Å². The number of hydrogen-bond donors (Lipinski definition) is 2. The van der Waals surface area contributed by atoms with Crippen LogP contribution < -0.4 is 5.32 Å². The topological polar surface area (TPSA) is 49.3 Å². The molecule has 0 aliphatic rings. The first-order valence-electron chi connectivity index (χ1n) is 5.40. The van der Waals surface area contributed by atoms with E-state index in [-0.39, 0.29) is 0 Å². The van der Waals surface area contributed by atoms with E-state index in [1.54, 1.807) is 25.2 Å². The first-order chi connectivity index (χ1) is 7.43. The zero-order valence-corrected chi connectivity index (χ0v) is 10.9. The molecule has 1 rings (SSSR count). The maximum absolute atomic E-state index is 10.9. The molecule has 0 fully saturated rings. The molecule has 4 heteroatoms. The Hall–Kier alpha value is -0.870. The number of carbonyl (C=O) groups is 1. The summed E-state index contributed by atoms with van der Waals surface area (Å²) < 4.78 is 0. The van der Waals surface area contributed by atoms with Crippen molar-refractivity contribution in [1.82, 2.24) is 5.32 Å². The molecule has 1 heterocycles. The summed E-state index contributed by atoms with van der Waals surface area (Å²) in [5, 5.41) is 14.3. The Morgan fingerprint density at radius 1 is 1.56 bits per heavy atom. The summed E-state index contributed by atoms with van der Waals surface area (Å²) in [5.74, 6) is -0.735. The molecule has 0 spiro atoms. The van der Waals surface area contributed by atoms with Gasteiger partial charge in [0.15, 0.2) is 0 Å². The van der Waals surface area contributed by atoms with Crippen molar-refractivity contribution in [3.8, 4) is 0 Å². The normalized spacial score (nSPS) is 11.7. The fraction of sp³-hybridized carbons (Fsp3) is 0.583. The number of carboxylic acids is 1. The van der Waals surface area contributed by atoms with Crippen molar-refractivity contribution in [1.29, 1.82) is 0 Å². The zero-order valence-electron chi connectivity index (χ0n) is 10.0. The van der Waals surface area contributed by atoms with Gasteiger partial charge in [-0.15, -0.1) is 11.3 Å². The summed E-state index contributed by atoms with van der Waals surface area (Å²) in [5.41, 5.74) is 0.660. The highest BCUT2D eigenvalue weighted by Gasteiger charge is 2.26. The molecule has 3 nitrogen and oxygen atoms in total. The predicted octanol–water partition coefficient (Wildman–Crippen LogP) is 2.65. The largest absolute Gasteiger partial charge is 0.481 e. The van der Waals surface area contributed by atoms with Gasteiger partial charge in [0, 0.05) is 11.4 Å². The molecule has 0 radical (unpaired) electrons. The number of thiophene rings is 1. The molecule has 0 atom stereocenters. The van der Waals surface area contributed by atoms with Crippen molar-refractivity contribution >= 4 is 17.3 Å². The van der Waals surface area contributed by atoms with Gasteiger partial charge in [-0.2, -0.15) is 0 Å². The minimum atomic E-state index is -0.735. The van der Waals surface area contributed by atoms with Gasteiger partial charge in [0.1, 0.15) is 0 Å². The second-order valence-electron chi connectivity index (χ2n) is 4.64. The Balaban J connectivity index is 2.27. The predicted molar refractivity (Wildman–Crippen MR) is 66.8 cm³/mol. The molecule has 0 unspecified atom stereocenters. The fourth-order valence-electron chi connectivity index (χ4n) is 1.29.